The number of aromatic amines is 1. The first-order valence-corrected chi connectivity index (χ1v) is 8.90. The molecule has 2 N–H and O–H groups in total. The number of H-pyrrole nitrogens is 1. The summed E-state index contributed by atoms with van der Waals surface area (Å²) in [5, 5.41) is 19.0. The van der Waals surface area contributed by atoms with Crippen molar-refractivity contribution in [3.05, 3.63) is 41.3 Å². The summed E-state index contributed by atoms with van der Waals surface area (Å²) in [6.45, 7) is 4.55. The number of aryl methyl sites for hydroxylation is 1. The van der Waals surface area contributed by atoms with Gasteiger partial charge in [-0.2, -0.15) is 0 Å². The van der Waals surface area contributed by atoms with Crippen LogP contribution in [0.1, 0.15) is 35.2 Å². The second-order valence-corrected chi connectivity index (χ2v) is 6.53. The number of fused-ring (bicyclic) bond motifs is 1. The molecule has 0 atom stereocenters. The van der Waals surface area contributed by atoms with Gasteiger partial charge in [0, 0.05) is 28.7 Å². The zero-order valence-corrected chi connectivity index (χ0v) is 14.6. The van der Waals surface area contributed by atoms with Crippen LogP contribution in [-0.2, 0) is 13.2 Å². The van der Waals surface area contributed by atoms with Crippen LogP contribution in [0.25, 0.3) is 10.9 Å². The van der Waals surface area contributed by atoms with Crippen molar-refractivity contribution < 1.29 is 9.90 Å². The van der Waals surface area contributed by atoms with Crippen molar-refractivity contribution in [2.45, 2.75) is 38.6 Å². The highest BCUT2D eigenvalue weighted by Crippen LogP contribution is 2.25. The van der Waals surface area contributed by atoms with E-state index in [0.29, 0.717) is 11.0 Å². The molecule has 0 aliphatic carbocycles. The molecule has 24 heavy (non-hydrogen) atoms. The SMILES string of the molecule is CCCn1c(CO)nnc1SCC(=O)c1c(C)[nH]c2ccccc12. The maximum atomic E-state index is 12.7. The van der Waals surface area contributed by atoms with Gasteiger partial charge in [-0.3, -0.25) is 4.79 Å². The summed E-state index contributed by atoms with van der Waals surface area (Å²) < 4.78 is 1.88. The van der Waals surface area contributed by atoms with E-state index in [4.69, 9.17) is 0 Å². The van der Waals surface area contributed by atoms with E-state index in [1.807, 2.05) is 35.8 Å². The molecule has 0 spiro atoms. The third-order valence-corrected chi connectivity index (χ3v) is 4.85. The number of carbonyl (C=O) groups is 1. The minimum atomic E-state index is -0.150. The molecule has 0 saturated carbocycles. The number of nitrogens with zero attached hydrogens (tertiary/aromatic N) is 3. The first-order chi connectivity index (χ1) is 11.7. The van der Waals surface area contributed by atoms with Crippen molar-refractivity contribution in [2.24, 2.45) is 0 Å². The number of rotatable bonds is 7. The van der Waals surface area contributed by atoms with E-state index in [1.54, 1.807) is 0 Å². The molecule has 0 saturated heterocycles. The Morgan fingerprint density at radius 1 is 1.33 bits per heavy atom. The number of para-hydroxylation sites is 1. The highest BCUT2D eigenvalue weighted by molar-refractivity contribution is 7.99. The van der Waals surface area contributed by atoms with E-state index >= 15 is 0 Å². The minimum Gasteiger partial charge on any atom is -0.388 e. The first kappa shape index (κ1) is 16.7. The monoisotopic (exact) mass is 344 g/mol. The van der Waals surface area contributed by atoms with Crippen molar-refractivity contribution in [3.63, 3.8) is 0 Å². The molecule has 3 rings (SSSR count). The largest absolute Gasteiger partial charge is 0.388 e. The Morgan fingerprint density at radius 3 is 2.88 bits per heavy atom. The molecule has 0 amide bonds. The lowest BCUT2D eigenvalue weighted by Crippen LogP contribution is -2.08. The van der Waals surface area contributed by atoms with Crippen LogP contribution in [0.4, 0.5) is 0 Å². The van der Waals surface area contributed by atoms with Crippen LogP contribution in [0.3, 0.4) is 0 Å². The van der Waals surface area contributed by atoms with Crippen LogP contribution < -0.4 is 0 Å². The van der Waals surface area contributed by atoms with E-state index in [2.05, 4.69) is 22.1 Å². The molecule has 126 valence electrons. The highest BCUT2D eigenvalue weighted by atomic mass is 32.2. The molecular weight excluding hydrogens is 324 g/mol. The number of aliphatic hydroxyl groups is 1. The van der Waals surface area contributed by atoms with Gasteiger partial charge in [0.25, 0.3) is 0 Å². The van der Waals surface area contributed by atoms with Crippen LogP contribution in [0.2, 0.25) is 0 Å². The Labute approximate surface area is 144 Å². The average Bonchev–Trinajstić information content (AvgIpc) is 3.12. The second kappa shape index (κ2) is 7.19. The molecule has 0 unspecified atom stereocenters. The summed E-state index contributed by atoms with van der Waals surface area (Å²) in [4.78, 5) is 16.0. The van der Waals surface area contributed by atoms with Crippen molar-refractivity contribution in [2.75, 3.05) is 5.75 Å². The van der Waals surface area contributed by atoms with Crippen LogP contribution in [0, 0.1) is 6.92 Å². The second-order valence-electron chi connectivity index (χ2n) is 5.59. The number of carbonyl (C=O) groups excluding carboxylic acids is 1. The minimum absolute atomic E-state index is 0.0616. The summed E-state index contributed by atoms with van der Waals surface area (Å²) in [6.07, 6.45) is 0.911. The topological polar surface area (TPSA) is 83.8 Å². The lowest BCUT2D eigenvalue weighted by atomic mass is 10.1. The maximum Gasteiger partial charge on any atom is 0.191 e. The maximum absolute atomic E-state index is 12.7. The number of benzene rings is 1. The molecule has 2 heterocycles. The van der Waals surface area contributed by atoms with Gasteiger partial charge < -0.3 is 14.7 Å². The number of hydrogen-bond donors (Lipinski definition) is 2. The molecule has 7 heteroatoms. The van der Waals surface area contributed by atoms with Crippen molar-refractivity contribution >= 4 is 28.4 Å². The molecule has 0 aliphatic heterocycles. The normalized spacial score (nSPS) is 11.3. The predicted molar refractivity (Wildman–Crippen MR) is 94.3 cm³/mol. The lowest BCUT2D eigenvalue weighted by Gasteiger charge is -2.07. The Balaban J connectivity index is 1.81. The van der Waals surface area contributed by atoms with E-state index in [1.165, 1.54) is 11.8 Å². The van der Waals surface area contributed by atoms with E-state index < -0.39 is 0 Å². The highest BCUT2D eigenvalue weighted by Gasteiger charge is 2.18. The smallest absolute Gasteiger partial charge is 0.191 e. The zero-order valence-electron chi connectivity index (χ0n) is 13.7. The molecule has 3 aromatic rings. The molecule has 0 fully saturated rings. The summed E-state index contributed by atoms with van der Waals surface area (Å²) in [5.74, 6) is 0.886. The molecule has 1 aromatic carbocycles. The van der Waals surface area contributed by atoms with Gasteiger partial charge in [-0.25, -0.2) is 0 Å². The summed E-state index contributed by atoms with van der Waals surface area (Å²) in [7, 11) is 0. The Bertz CT molecular complexity index is 869. The number of ketones is 1. The number of Topliss-reactive ketones (excluding diaryl/α,β-unsaturated/α-hetero) is 1. The molecule has 0 bridgehead atoms. The van der Waals surface area contributed by atoms with Crippen molar-refractivity contribution in [1.29, 1.82) is 0 Å². The molecule has 6 nitrogen and oxygen atoms in total. The quantitative estimate of drug-likeness (QED) is 0.508. The first-order valence-electron chi connectivity index (χ1n) is 7.92. The van der Waals surface area contributed by atoms with Gasteiger partial charge in [-0.15, -0.1) is 10.2 Å². The summed E-state index contributed by atoms with van der Waals surface area (Å²) in [5.41, 5.74) is 2.59. The van der Waals surface area contributed by atoms with Crippen LogP contribution >= 0.6 is 11.8 Å². The fourth-order valence-corrected chi connectivity index (χ4v) is 3.68. The zero-order chi connectivity index (χ0) is 17.1. The van der Waals surface area contributed by atoms with Gasteiger partial charge in [-0.1, -0.05) is 36.9 Å². The average molecular weight is 344 g/mol. The molecule has 2 aromatic heterocycles. The van der Waals surface area contributed by atoms with Crippen LogP contribution in [-0.4, -0.2) is 36.4 Å². The summed E-state index contributed by atoms with van der Waals surface area (Å²) in [6, 6.07) is 7.81. The number of aromatic nitrogens is 4. The fourth-order valence-electron chi connectivity index (χ4n) is 2.83. The van der Waals surface area contributed by atoms with Crippen LogP contribution in [0.15, 0.2) is 29.4 Å². The lowest BCUT2D eigenvalue weighted by molar-refractivity contribution is 0.102. The number of nitrogens with one attached hydrogen (secondary N) is 1. The van der Waals surface area contributed by atoms with Crippen molar-refractivity contribution in [1.82, 2.24) is 19.7 Å². The van der Waals surface area contributed by atoms with Gasteiger partial charge in [0.2, 0.25) is 0 Å². The molecule has 0 aliphatic rings. The van der Waals surface area contributed by atoms with Gasteiger partial charge >= 0.3 is 0 Å². The van der Waals surface area contributed by atoms with Gasteiger partial charge in [-0.05, 0) is 19.4 Å². The third-order valence-electron chi connectivity index (χ3n) is 3.89. The fraction of sp³-hybridized carbons (Fsp3) is 0.353. The number of hydrogen-bond acceptors (Lipinski definition) is 5. The number of thioether (sulfide) groups is 1. The van der Waals surface area contributed by atoms with E-state index in [-0.39, 0.29) is 18.1 Å². The number of aliphatic hydroxyl groups excluding tert-OH is 1. The van der Waals surface area contributed by atoms with Gasteiger partial charge in [0.1, 0.15) is 6.61 Å². The van der Waals surface area contributed by atoms with Gasteiger partial charge in [0.05, 0.1) is 5.75 Å². The van der Waals surface area contributed by atoms with E-state index in [9.17, 15) is 9.90 Å². The predicted octanol–water partition coefficient (Wildman–Crippen LogP) is 2.95. The Hall–Kier alpha value is -2.12. The molecule has 0 radical (unpaired) electrons. The van der Waals surface area contributed by atoms with E-state index in [0.717, 1.165) is 35.1 Å². The summed E-state index contributed by atoms with van der Waals surface area (Å²) >= 11 is 1.36. The third kappa shape index (κ3) is 3.09. The standard InChI is InChI=1S/C17H20N4O2S/c1-3-8-21-15(9-22)19-20-17(21)24-10-14(23)16-11(2)18-13-7-5-4-6-12(13)16/h4-7,18,22H,3,8-10H2,1-2H3. The van der Waals surface area contributed by atoms with Crippen LogP contribution in [0.5, 0.6) is 0 Å². The Kier molecular flexibility index (Phi) is 5.01. The van der Waals surface area contributed by atoms with Crippen molar-refractivity contribution in [3.8, 4) is 0 Å². The van der Waals surface area contributed by atoms with Gasteiger partial charge in [0.15, 0.2) is 16.8 Å². The molecular formula is C17H20N4O2S. The Morgan fingerprint density at radius 2 is 2.12 bits per heavy atom.